The van der Waals surface area contributed by atoms with E-state index in [9.17, 15) is 38.4 Å². The van der Waals surface area contributed by atoms with Gasteiger partial charge in [0.05, 0.1) is 76.2 Å². The summed E-state index contributed by atoms with van der Waals surface area (Å²) < 4.78 is 61.3. The maximum atomic E-state index is 12.9. The van der Waals surface area contributed by atoms with E-state index in [1.54, 1.807) is 151 Å². The Balaban J connectivity index is 0. The van der Waals surface area contributed by atoms with Crippen LogP contribution in [-0.4, -0.2) is 122 Å². The van der Waals surface area contributed by atoms with Crippen molar-refractivity contribution in [3.05, 3.63) is 306 Å². The number of carbonyl (C=O) groups excluding carboxylic acids is 6. The number of ether oxygens (including phenoxy) is 7. The summed E-state index contributed by atoms with van der Waals surface area (Å²) in [6.45, 7) is 14.0. The molecule has 0 saturated carbocycles. The first-order chi connectivity index (χ1) is 50.8. The van der Waals surface area contributed by atoms with E-state index in [4.69, 9.17) is 47.2 Å². The summed E-state index contributed by atoms with van der Waals surface area (Å²) in [6, 6.07) is 65.8. The zero-order chi connectivity index (χ0) is 77.2. The van der Waals surface area contributed by atoms with Crippen molar-refractivity contribution in [2.75, 3.05) is 76.2 Å². The van der Waals surface area contributed by atoms with Crippen LogP contribution in [0, 0.1) is 11.8 Å². The first-order valence-electron chi connectivity index (χ1n) is 33.2. The second kappa shape index (κ2) is 60.3. The minimum absolute atomic E-state index is 0. The molecular formula is C85H99KNaO21P. The molecule has 0 heterocycles. The number of hydrogen-bond acceptors (Lipinski definition) is 21. The van der Waals surface area contributed by atoms with Gasteiger partial charge in [-0.15, -0.1) is 13.2 Å². The van der Waals surface area contributed by atoms with Crippen molar-refractivity contribution in [2.45, 2.75) is 52.9 Å². The molecule has 0 bridgehead atoms. The summed E-state index contributed by atoms with van der Waals surface area (Å²) in [6.07, 6.45) is 12.4. The Bertz CT molecular complexity index is 3980. The van der Waals surface area contributed by atoms with E-state index in [2.05, 4.69) is 22.8 Å². The van der Waals surface area contributed by atoms with Crippen LogP contribution in [0.25, 0.3) is 17.9 Å². The van der Waals surface area contributed by atoms with Gasteiger partial charge in [0.25, 0.3) is 0 Å². The van der Waals surface area contributed by atoms with Crippen LogP contribution in [0.5, 0.6) is 23.0 Å². The van der Waals surface area contributed by atoms with Crippen LogP contribution in [-0.2, 0) is 51.6 Å². The molecule has 0 aliphatic carbocycles. The van der Waals surface area contributed by atoms with Gasteiger partial charge in [-0.25, -0.2) is 14.2 Å². The van der Waals surface area contributed by atoms with Crippen LogP contribution < -0.4 is 105 Å². The molecule has 0 amide bonds. The topological polar surface area (TPSA) is 294 Å². The van der Waals surface area contributed by atoms with Crippen LogP contribution >= 0.6 is 7.82 Å². The second-order valence-electron chi connectivity index (χ2n) is 21.7. The van der Waals surface area contributed by atoms with Crippen molar-refractivity contribution < 1.29 is 182 Å². The van der Waals surface area contributed by atoms with Gasteiger partial charge in [-0.2, -0.15) is 0 Å². The Kier molecular flexibility index (Phi) is 56.8. The molecule has 0 aliphatic rings. The second-order valence-corrected chi connectivity index (χ2v) is 23.3. The van der Waals surface area contributed by atoms with Crippen LogP contribution in [0.15, 0.2) is 262 Å². The monoisotopic (exact) mass is 1550 g/mol. The van der Waals surface area contributed by atoms with Gasteiger partial charge in [0.15, 0.2) is 17.3 Å². The van der Waals surface area contributed by atoms with Crippen molar-refractivity contribution in [2.24, 2.45) is 11.8 Å². The van der Waals surface area contributed by atoms with Crippen LogP contribution in [0.4, 0.5) is 0 Å². The largest absolute Gasteiger partial charge is 1.00 e. The molecule has 8 aromatic rings. The molecule has 0 fully saturated rings. The Morgan fingerprint density at radius 2 is 0.853 bits per heavy atom. The molecule has 8 rings (SSSR count). The summed E-state index contributed by atoms with van der Waals surface area (Å²) in [4.78, 5) is 76.5. The van der Waals surface area contributed by atoms with E-state index < -0.39 is 43.5 Å². The first kappa shape index (κ1) is 103. The molecule has 0 spiro atoms. The van der Waals surface area contributed by atoms with Gasteiger partial charge in [-0.3, -0.25) is 42.8 Å². The molecule has 4 unspecified atom stereocenters. The third-order valence-corrected chi connectivity index (χ3v) is 16.5. The number of phosphoric acid groups is 1. The molecule has 24 heteroatoms. The molecule has 2 N–H and O–H groups in total. The molecule has 21 nitrogen and oxygen atoms in total. The standard InChI is InChI=1S/2C20H20O4.C18H18O2.C13H19O4P.C11H12O4.C2H6O2.CH4.K.Na.H2O/c1-23-17-13-11-16(12-14-17)19(21)18(20(22)24-2)10-6-9-15-7-4-3-5-8-15;1-4-17(14-8-6-5-7-9-14)18(20(22)24-3)19(21)15-10-12-16(23-2)13-11-15;1-3-14(15-7-5-4-6-8-15)13-18(19)16-9-11-17(20-2)12-10-16;1-3-15-18(14,16-4-2)17-12-8-11-13-9-6-5-7-10-13;1-14-9-5-3-8(4-6-9)10(12)7-11(13)15-2;1-2-4-3;;;;/h3-9,11-14,18H,10H2,1-2H3;4-13,17-18H,1H2,2-3H3;3-12,14H,1,13H2,2H3;5-11H,3-4,12H2,1-2H3;3-7,12H,1-2H3;3H,2H2,1H3;1H4;;;1H2/q;;;;;;;2*+1;/p-2/b9-6+;;;11-8+;;;;;;. The van der Waals surface area contributed by atoms with Crippen molar-refractivity contribution in [3.63, 3.8) is 0 Å². The van der Waals surface area contributed by atoms with E-state index >= 15 is 0 Å². The van der Waals surface area contributed by atoms with Gasteiger partial charge in [0.2, 0.25) is 0 Å². The molecule has 109 heavy (non-hydrogen) atoms. The number of phosphoric ester groups is 1. The Morgan fingerprint density at radius 3 is 1.22 bits per heavy atom. The van der Waals surface area contributed by atoms with Crippen molar-refractivity contribution in [3.8, 4) is 23.0 Å². The first-order valence-corrected chi connectivity index (χ1v) is 34.6. The van der Waals surface area contributed by atoms with Crippen molar-refractivity contribution in [1.82, 2.24) is 0 Å². The molecular weight excluding hydrogens is 1450 g/mol. The normalized spacial score (nSPS) is 11.3. The van der Waals surface area contributed by atoms with E-state index in [0.29, 0.717) is 65.7 Å². The van der Waals surface area contributed by atoms with Gasteiger partial charge in [0.1, 0.15) is 34.8 Å². The maximum absolute atomic E-state index is 12.9. The molecule has 572 valence electrons. The predicted molar refractivity (Wildman–Crippen MR) is 415 cm³/mol. The molecule has 0 aliphatic heterocycles. The summed E-state index contributed by atoms with van der Waals surface area (Å²) in [5, 5.41) is 18.8. The number of Topliss-reactive ketones (excluding diaryl/α,β-unsaturated/α-hetero) is 3. The zero-order valence-corrected chi connectivity index (χ0v) is 69.4. The van der Waals surface area contributed by atoms with E-state index in [0.717, 1.165) is 34.1 Å². The van der Waals surface area contributed by atoms with Crippen LogP contribution in [0.3, 0.4) is 0 Å². The van der Waals surface area contributed by atoms with Gasteiger partial charge in [-0.1, -0.05) is 183 Å². The number of benzene rings is 8. The quantitative estimate of drug-likeness (QED) is 0.00350. The number of ketones is 3. The third-order valence-electron chi connectivity index (χ3n) is 14.9. The number of methoxy groups -OCH3 is 7. The number of rotatable bonds is 32. The van der Waals surface area contributed by atoms with Crippen molar-refractivity contribution >= 4 is 61.0 Å². The van der Waals surface area contributed by atoms with E-state index in [-0.39, 0.29) is 136 Å². The summed E-state index contributed by atoms with van der Waals surface area (Å²) >= 11 is 0. The zero-order valence-electron chi connectivity index (χ0n) is 63.4. The van der Waals surface area contributed by atoms with Crippen LogP contribution in [0.2, 0.25) is 0 Å². The predicted octanol–water partition coefficient (Wildman–Crippen LogP) is 11.1. The van der Waals surface area contributed by atoms with E-state index in [1.165, 1.54) is 28.4 Å². The van der Waals surface area contributed by atoms with Gasteiger partial charge >= 0.3 is 107 Å². The Morgan fingerprint density at radius 1 is 0.477 bits per heavy atom. The van der Waals surface area contributed by atoms with Gasteiger partial charge in [-0.05, 0) is 140 Å². The van der Waals surface area contributed by atoms with Crippen LogP contribution in [0.1, 0.15) is 112 Å². The summed E-state index contributed by atoms with van der Waals surface area (Å²) in [7, 11) is 6.66. The number of esters is 3. The summed E-state index contributed by atoms with van der Waals surface area (Å²) in [5.41, 5.74) is 6.03. The molecule has 8 aromatic carbocycles. The summed E-state index contributed by atoms with van der Waals surface area (Å²) in [5.74, 6) is -2.16. The number of hydrogen-bond donors (Lipinski definition) is 1. The number of allylic oxidation sites excluding steroid dienone is 3. The fourth-order valence-corrected chi connectivity index (χ4v) is 10.5. The molecule has 0 aromatic heterocycles. The average molecular weight is 1550 g/mol. The Labute approximate surface area is 706 Å². The third kappa shape index (κ3) is 38.6. The molecule has 0 saturated heterocycles. The molecule has 4 atom stereocenters. The fraction of sp³-hybridized carbons (Fsp3) is 0.247. The van der Waals surface area contributed by atoms with Crippen molar-refractivity contribution in [1.29, 1.82) is 0 Å². The minimum atomic E-state index is -3.39. The maximum Gasteiger partial charge on any atom is 1.00 e. The number of carbonyl (C=O) groups is 6. The Hall–Kier alpha value is -8.49. The van der Waals surface area contributed by atoms with E-state index in [1.807, 2.05) is 146 Å². The SMILES string of the molecule is C.C=CC(CC(=O)c1ccc(OC)cc1)c1ccccc1.C=CC(c1ccccc1)C(C(=O)OC)C(=O)c1ccc(OC)cc1.CCOO.CCOP(=O)(OCC)OC/C=C/c1ccccc1.COC(=O)C(C/C=C/c1ccccc1)C(=O)c1ccc(OC)cc1.COC(=O)C=C([O-])c1ccc(OC)cc1.[K+].[Na+].[OH-]. The van der Waals surface area contributed by atoms with Gasteiger partial charge in [0, 0.05) is 41.0 Å². The smallest absolute Gasteiger partial charge is 0.872 e. The van der Waals surface area contributed by atoms with Gasteiger partial charge < -0.3 is 43.7 Å². The molecule has 0 radical (unpaired) electrons. The average Bonchev–Trinajstić information content (AvgIpc) is 0.810. The fourth-order valence-electron chi connectivity index (χ4n) is 9.38. The minimum Gasteiger partial charge on any atom is -0.872 e.